The van der Waals surface area contributed by atoms with Gasteiger partial charge in [0.1, 0.15) is 5.57 Å². The third-order valence-corrected chi connectivity index (χ3v) is 5.45. The summed E-state index contributed by atoms with van der Waals surface area (Å²) in [4.78, 5) is 26.7. The third-order valence-electron chi connectivity index (χ3n) is 4.90. The van der Waals surface area contributed by atoms with Crippen LogP contribution in [0, 0.1) is 13.8 Å². The number of carbonyl (C=O) groups excluding carboxylic acids is 2. The van der Waals surface area contributed by atoms with Crippen LogP contribution in [0.2, 0.25) is 5.02 Å². The van der Waals surface area contributed by atoms with Crippen molar-refractivity contribution < 1.29 is 9.59 Å². The van der Waals surface area contributed by atoms with Crippen LogP contribution >= 0.6 is 23.8 Å². The minimum absolute atomic E-state index is 0.107. The number of aryl methyl sites for hydroxylation is 1. The van der Waals surface area contributed by atoms with Crippen LogP contribution in [0.5, 0.6) is 0 Å². The van der Waals surface area contributed by atoms with E-state index in [1.54, 1.807) is 6.08 Å². The molecule has 7 heteroatoms. The summed E-state index contributed by atoms with van der Waals surface area (Å²) in [5, 5.41) is 3.51. The SMILES string of the molecule is Cc1cc(/C=C2/C(=O)NC(=S)N(C3CC3)C2=O)c(C)n1-c1ccc(Cl)cc1. The summed E-state index contributed by atoms with van der Waals surface area (Å²) in [6.07, 6.45) is 3.49. The molecule has 2 aliphatic rings. The van der Waals surface area contributed by atoms with Crippen molar-refractivity contribution in [2.75, 3.05) is 0 Å². The molecular weight excluding hydrogens is 382 g/mol. The normalized spacial score (nSPS) is 19.0. The number of nitrogens with one attached hydrogen (secondary N) is 1. The molecule has 1 aromatic heterocycles. The van der Waals surface area contributed by atoms with Crippen molar-refractivity contribution in [3.63, 3.8) is 0 Å². The van der Waals surface area contributed by atoms with Gasteiger partial charge >= 0.3 is 0 Å². The molecule has 0 bridgehead atoms. The molecule has 2 fully saturated rings. The summed E-state index contributed by atoms with van der Waals surface area (Å²) in [6, 6.07) is 9.61. The predicted molar refractivity (Wildman–Crippen MR) is 109 cm³/mol. The lowest BCUT2D eigenvalue weighted by atomic mass is 10.1. The molecule has 1 saturated heterocycles. The second-order valence-corrected chi connectivity index (χ2v) is 7.69. The molecule has 0 radical (unpaired) electrons. The smallest absolute Gasteiger partial charge is 0.265 e. The van der Waals surface area contributed by atoms with E-state index in [1.165, 1.54) is 4.90 Å². The number of rotatable bonds is 3. The zero-order valence-corrected chi connectivity index (χ0v) is 16.5. The van der Waals surface area contributed by atoms with E-state index in [9.17, 15) is 9.59 Å². The first kappa shape index (κ1) is 17.9. The van der Waals surface area contributed by atoms with Gasteiger partial charge in [-0.25, -0.2) is 0 Å². The first-order chi connectivity index (χ1) is 12.9. The first-order valence-corrected chi connectivity index (χ1v) is 9.51. The fraction of sp³-hybridized carbons (Fsp3) is 0.250. The van der Waals surface area contributed by atoms with Gasteiger partial charge in [-0.15, -0.1) is 0 Å². The molecule has 5 nitrogen and oxygen atoms in total. The maximum absolute atomic E-state index is 12.8. The molecule has 1 aromatic carbocycles. The molecule has 2 heterocycles. The summed E-state index contributed by atoms with van der Waals surface area (Å²) >= 11 is 11.2. The van der Waals surface area contributed by atoms with Crippen molar-refractivity contribution in [2.24, 2.45) is 0 Å². The quantitative estimate of drug-likeness (QED) is 0.488. The van der Waals surface area contributed by atoms with Crippen LogP contribution in [0.4, 0.5) is 0 Å². The number of hydrogen-bond acceptors (Lipinski definition) is 3. The Balaban J connectivity index is 1.74. The molecule has 2 amide bonds. The third kappa shape index (κ3) is 3.19. The van der Waals surface area contributed by atoms with Gasteiger partial charge in [-0.05, 0) is 80.9 Å². The number of aromatic nitrogens is 1. The minimum Gasteiger partial charge on any atom is -0.318 e. The molecule has 4 rings (SSSR count). The van der Waals surface area contributed by atoms with Crippen molar-refractivity contribution in [3.8, 4) is 5.69 Å². The number of carbonyl (C=O) groups is 2. The predicted octanol–water partition coefficient (Wildman–Crippen LogP) is 3.54. The standard InChI is InChI=1S/C20H18ClN3O2S/c1-11-9-13(12(2)23(11)15-5-3-14(21)4-6-15)10-17-18(25)22-20(27)24(19(17)26)16-7-8-16/h3-6,9-10,16H,7-8H2,1-2H3,(H,22,25,27)/b17-10-. The lowest BCUT2D eigenvalue weighted by Crippen LogP contribution is -2.54. The Morgan fingerprint density at radius 1 is 1.19 bits per heavy atom. The number of thiocarbonyl (C=S) groups is 1. The van der Waals surface area contributed by atoms with Crippen LogP contribution < -0.4 is 5.32 Å². The van der Waals surface area contributed by atoms with Crippen LogP contribution in [0.1, 0.15) is 29.8 Å². The molecule has 0 unspecified atom stereocenters. The zero-order valence-electron chi connectivity index (χ0n) is 15.0. The van der Waals surface area contributed by atoms with Gasteiger partial charge in [0.2, 0.25) is 0 Å². The van der Waals surface area contributed by atoms with Crippen LogP contribution in [-0.2, 0) is 9.59 Å². The highest BCUT2D eigenvalue weighted by Gasteiger charge is 2.42. The maximum Gasteiger partial charge on any atom is 0.265 e. The molecular formula is C20H18ClN3O2S. The van der Waals surface area contributed by atoms with Gasteiger partial charge in [0.15, 0.2) is 5.11 Å². The van der Waals surface area contributed by atoms with Crippen molar-refractivity contribution in [2.45, 2.75) is 32.7 Å². The largest absolute Gasteiger partial charge is 0.318 e. The molecule has 0 spiro atoms. The Morgan fingerprint density at radius 3 is 2.48 bits per heavy atom. The zero-order chi connectivity index (χ0) is 19.3. The first-order valence-electron chi connectivity index (χ1n) is 8.72. The van der Waals surface area contributed by atoms with E-state index in [4.69, 9.17) is 23.8 Å². The van der Waals surface area contributed by atoms with Gasteiger partial charge in [-0.2, -0.15) is 0 Å². The minimum atomic E-state index is -0.446. The molecule has 27 heavy (non-hydrogen) atoms. The van der Waals surface area contributed by atoms with E-state index in [2.05, 4.69) is 9.88 Å². The lowest BCUT2D eigenvalue weighted by Gasteiger charge is -2.28. The number of hydrogen-bond donors (Lipinski definition) is 1. The molecule has 1 N–H and O–H groups in total. The second kappa shape index (κ2) is 6.62. The van der Waals surface area contributed by atoms with Crippen LogP contribution in [0.25, 0.3) is 11.8 Å². The van der Waals surface area contributed by atoms with Crippen LogP contribution in [0.15, 0.2) is 35.9 Å². The van der Waals surface area contributed by atoms with Crippen molar-refractivity contribution in [1.82, 2.24) is 14.8 Å². The molecule has 2 aromatic rings. The second-order valence-electron chi connectivity index (χ2n) is 6.86. The van der Waals surface area contributed by atoms with E-state index >= 15 is 0 Å². The van der Waals surface area contributed by atoms with Gasteiger partial charge in [0.25, 0.3) is 11.8 Å². The Morgan fingerprint density at radius 2 is 1.85 bits per heavy atom. The molecule has 0 atom stereocenters. The summed E-state index contributed by atoms with van der Waals surface area (Å²) < 4.78 is 2.07. The van der Waals surface area contributed by atoms with Crippen molar-refractivity contribution in [1.29, 1.82) is 0 Å². The van der Waals surface area contributed by atoms with Crippen LogP contribution in [0.3, 0.4) is 0 Å². The lowest BCUT2D eigenvalue weighted by molar-refractivity contribution is -0.129. The van der Waals surface area contributed by atoms with E-state index in [1.807, 2.05) is 44.2 Å². The summed E-state index contributed by atoms with van der Waals surface area (Å²) in [6.45, 7) is 3.94. The fourth-order valence-electron chi connectivity index (χ4n) is 3.41. The van der Waals surface area contributed by atoms with Gasteiger partial charge in [0.05, 0.1) is 0 Å². The van der Waals surface area contributed by atoms with E-state index < -0.39 is 5.91 Å². The maximum atomic E-state index is 12.8. The van der Waals surface area contributed by atoms with E-state index in [-0.39, 0.29) is 22.6 Å². The molecule has 1 saturated carbocycles. The van der Waals surface area contributed by atoms with Gasteiger partial charge in [-0.1, -0.05) is 11.6 Å². The molecule has 138 valence electrons. The van der Waals surface area contributed by atoms with E-state index in [0.29, 0.717) is 5.02 Å². The highest BCUT2D eigenvalue weighted by atomic mass is 35.5. The van der Waals surface area contributed by atoms with Gasteiger partial charge in [-0.3, -0.25) is 19.8 Å². The topological polar surface area (TPSA) is 54.3 Å². The van der Waals surface area contributed by atoms with Gasteiger partial charge in [0, 0.05) is 28.1 Å². The average Bonchev–Trinajstić information content (AvgIpc) is 3.39. The number of amides is 2. The Bertz CT molecular complexity index is 1000. The average molecular weight is 400 g/mol. The molecule has 1 aliphatic heterocycles. The van der Waals surface area contributed by atoms with Crippen LogP contribution in [-0.4, -0.2) is 32.4 Å². The van der Waals surface area contributed by atoms with Gasteiger partial charge < -0.3 is 4.57 Å². The fourth-order valence-corrected chi connectivity index (χ4v) is 3.86. The Kier molecular flexibility index (Phi) is 4.40. The summed E-state index contributed by atoms with van der Waals surface area (Å²) in [5.41, 5.74) is 3.85. The monoisotopic (exact) mass is 399 g/mol. The summed E-state index contributed by atoms with van der Waals surface area (Å²) in [5.74, 6) is -0.763. The van der Waals surface area contributed by atoms with Crippen molar-refractivity contribution in [3.05, 3.63) is 57.9 Å². The number of benzene rings is 1. The molecule has 1 aliphatic carbocycles. The highest BCUT2D eigenvalue weighted by Crippen LogP contribution is 2.31. The number of halogens is 1. The van der Waals surface area contributed by atoms with E-state index in [0.717, 1.165) is 35.5 Å². The van der Waals surface area contributed by atoms with Crippen molar-refractivity contribution >= 4 is 46.8 Å². The highest BCUT2D eigenvalue weighted by molar-refractivity contribution is 7.80. The summed E-state index contributed by atoms with van der Waals surface area (Å²) in [7, 11) is 0. The number of nitrogens with zero attached hydrogens (tertiary/aromatic N) is 2. The Hall–Kier alpha value is -2.44. The Labute approximate surface area is 167 Å².